The molecule has 0 nitrogen and oxygen atoms in total. The van der Waals surface area contributed by atoms with Gasteiger partial charge in [-0.2, -0.15) is 6.92 Å². The molecule has 0 spiro atoms. The van der Waals surface area contributed by atoms with Gasteiger partial charge in [-0.3, -0.25) is 0 Å². The van der Waals surface area contributed by atoms with Crippen LogP contribution in [0.1, 0.15) is 6.92 Å². The average molecular weight is 400 g/mol. The van der Waals surface area contributed by atoms with Crippen LogP contribution in [0.25, 0.3) is 0 Å². The summed E-state index contributed by atoms with van der Waals surface area (Å²) >= 11 is 0. The summed E-state index contributed by atoms with van der Waals surface area (Å²) in [5.41, 5.74) is 0. The first kappa shape index (κ1) is 25.6. The zero-order chi connectivity index (χ0) is 15.5. The third-order valence-corrected chi connectivity index (χ3v) is 1.11. The topological polar surface area (TPSA) is 0 Å². The Morgan fingerprint density at radius 2 is 0.550 bits per heavy atom. The van der Waals surface area contributed by atoms with Crippen LogP contribution in [-0.2, 0) is 21.1 Å². The maximum absolute atomic E-state index is 10.7. The van der Waals surface area contributed by atoms with E-state index in [4.69, 9.17) is 0 Å². The van der Waals surface area contributed by atoms with E-state index in [9.17, 15) is 25.2 Å². The molecule has 0 aromatic rings. The standard InChI is InChI=1S/2C5H5.C2H5.F6P.Mo/c2*1-2-4-5-3-1;1-2;1-7(2,3,4,5)6;/h2*1-5H;1H2,2H3;;/q;;2*-1;+2. The quantitative estimate of drug-likeness (QED) is 0.195. The van der Waals surface area contributed by atoms with Gasteiger partial charge >= 0.3 is 54.1 Å². The smallest absolute Gasteiger partial charge is 0.346 e. The molecule has 0 atom stereocenters. The van der Waals surface area contributed by atoms with Crippen molar-refractivity contribution in [3.63, 3.8) is 0 Å². The second-order valence-corrected chi connectivity index (χ2v) is 4.80. The Morgan fingerprint density at radius 1 is 0.500 bits per heavy atom. The summed E-state index contributed by atoms with van der Waals surface area (Å²) in [6, 6.07) is 0. The molecule has 8 heteroatoms. The van der Waals surface area contributed by atoms with Crippen LogP contribution >= 0.6 is 7.81 Å². The Hall–Kier alpha value is 0.698. The van der Waals surface area contributed by atoms with Gasteiger partial charge in [-0.05, 0) is 64.2 Å². The molecular weight excluding hydrogens is 385 g/mol. The predicted octanol–water partition coefficient (Wildman–Crippen LogP) is 6.26. The van der Waals surface area contributed by atoms with Crippen molar-refractivity contribution >= 4 is 7.81 Å². The summed E-state index contributed by atoms with van der Waals surface area (Å²) in [4.78, 5) is 0. The molecule has 2 fully saturated rings. The molecule has 0 aromatic heterocycles. The van der Waals surface area contributed by atoms with Crippen molar-refractivity contribution in [1.82, 2.24) is 0 Å². The zero-order valence-corrected chi connectivity index (χ0v) is 13.5. The minimum atomic E-state index is -10.7. The zero-order valence-electron chi connectivity index (χ0n) is 10.6. The molecular formula is C12H15F6MoP. The molecule has 0 N–H and O–H groups in total. The van der Waals surface area contributed by atoms with Crippen molar-refractivity contribution in [2.75, 3.05) is 0 Å². The predicted molar refractivity (Wildman–Crippen MR) is 67.6 cm³/mol. The number of rotatable bonds is 0. The molecule has 10 radical (unpaired) electrons. The summed E-state index contributed by atoms with van der Waals surface area (Å²) in [6.45, 7) is 5.00. The minimum Gasteiger partial charge on any atom is -0.346 e. The Morgan fingerprint density at radius 3 is 0.600 bits per heavy atom. The molecule has 20 heavy (non-hydrogen) atoms. The van der Waals surface area contributed by atoms with Gasteiger partial charge in [0.25, 0.3) is 0 Å². The largest absolute Gasteiger partial charge is 2.00 e. The molecule has 2 rings (SSSR count). The molecule has 0 bridgehead atoms. The fourth-order valence-electron chi connectivity index (χ4n) is 0.642. The monoisotopic (exact) mass is 402 g/mol. The Labute approximate surface area is 132 Å². The van der Waals surface area contributed by atoms with E-state index in [0.717, 1.165) is 0 Å². The molecule has 0 heterocycles. The fourth-order valence-corrected chi connectivity index (χ4v) is 0.642. The van der Waals surface area contributed by atoms with Gasteiger partial charge in [0.05, 0.1) is 0 Å². The third-order valence-electron chi connectivity index (χ3n) is 1.11. The van der Waals surface area contributed by atoms with E-state index in [1.54, 1.807) is 6.92 Å². The van der Waals surface area contributed by atoms with Crippen LogP contribution in [0.15, 0.2) is 0 Å². The van der Waals surface area contributed by atoms with Gasteiger partial charge in [0, 0.05) is 0 Å². The first-order chi connectivity index (χ1) is 8.45. The molecule has 0 aromatic carbocycles. The van der Waals surface area contributed by atoms with E-state index < -0.39 is 7.81 Å². The van der Waals surface area contributed by atoms with Crippen molar-refractivity contribution in [3.05, 3.63) is 71.1 Å². The summed E-state index contributed by atoms with van der Waals surface area (Å²) < 4.78 is 59.2. The Kier molecular flexibility index (Phi) is 13.4. The van der Waals surface area contributed by atoms with Crippen molar-refractivity contribution in [2.24, 2.45) is 0 Å². The molecule has 2 aliphatic carbocycles. The van der Waals surface area contributed by atoms with Crippen molar-refractivity contribution in [1.29, 1.82) is 0 Å². The first-order valence-corrected chi connectivity index (χ1v) is 7.08. The van der Waals surface area contributed by atoms with Crippen LogP contribution in [0.4, 0.5) is 25.2 Å². The number of hydrogen-bond donors (Lipinski definition) is 0. The van der Waals surface area contributed by atoms with Gasteiger partial charge in [0.15, 0.2) is 0 Å². The molecule has 0 aliphatic heterocycles. The van der Waals surface area contributed by atoms with Gasteiger partial charge in [-0.25, -0.2) is 0 Å². The Balaban J connectivity index is -0.000000201. The molecule has 2 saturated carbocycles. The first-order valence-electron chi connectivity index (χ1n) is 5.05. The molecule has 2 aliphatic rings. The van der Waals surface area contributed by atoms with Gasteiger partial charge in [0.1, 0.15) is 0 Å². The van der Waals surface area contributed by atoms with Crippen LogP contribution in [0.5, 0.6) is 0 Å². The minimum absolute atomic E-state index is 0. The maximum Gasteiger partial charge on any atom is 2.00 e. The van der Waals surface area contributed by atoms with Crippen LogP contribution in [0, 0.1) is 71.1 Å². The SMILES string of the molecule is F[P-](F)(F)(F)(F)F.[CH2-]C.[CH]1[CH][CH][CH][CH]1.[CH]1[CH][CH][CH][CH]1.[Mo+2]. The van der Waals surface area contributed by atoms with Crippen LogP contribution in [0.2, 0.25) is 0 Å². The fraction of sp³-hybridized carbons (Fsp3) is 0.0833. The maximum atomic E-state index is 9.87. The summed E-state index contributed by atoms with van der Waals surface area (Å²) in [6.07, 6.45) is 20.0. The molecule has 0 saturated heterocycles. The van der Waals surface area contributed by atoms with E-state index in [2.05, 4.69) is 6.92 Å². The summed E-state index contributed by atoms with van der Waals surface area (Å²) in [5, 5.41) is 0. The molecule has 0 amide bonds. The second kappa shape index (κ2) is 10.4. The van der Waals surface area contributed by atoms with Crippen LogP contribution in [0.3, 0.4) is 0 Å². The van der Waals surface area contributed by atoms with Crippen molar-refractivity contribution in [3.8, 4) is 0 Å². The summed E-state index contributed by atoms with van der Waals surface area (Å²) in [5.74, 6) is 0. The molecule has 0 unspecified atom stereocenters. The number of halogens is 6. The molecule has 116 valence electrons. The van der Waals surface area contributed by atoms with Crippen molar-refractivity contribution in [2.45, 2.75) is 6.92 Å². The third kappa shape index (κ3) is 51.2. The van der Waals surface area contributed by atoms with E-state index in [1.807, 2.05) is 64.2 Å². The number of hydrogen-bond acceptors (Lipinski definition) is 0. The normalized spacial score (nSPS) is 20.4. The van der Waals surface area contributed by atoms with Crippen molar-refractivity contribution < 1.29 is 46.2 Å². The second-order valence-electron chi connectivity index (χ2n) is 2.88. The van der Waals surface area contributed by atoms with E-state index in [0.29, 0.717) is 0 Å². The van der Waals surface area contributed by atoms with E-state index in [-0.39, 0.29) is 21.1 Å². The van der Waals surface area contributed by atoms with Gasteiger partial charge in [-0.15, -0.1) is 0 Å². The van der Waals surface area contributed by atoms with Gasteiger partial charge in [-0.1, -0.05) is 0 Å². The van der Waals surface area contributed by atoms with Crippen LogP contribution in [-0.4, -0.2) is 0 Å². The van der Waals surface area contributed by atoms with E-state index in [1.165, 1.54) is 0 Å². The van der Waals surface area contributed by atoms with Crippen LogP contribution < -0.4 is 0 Å². The summed E-state index contributed by atoms with van der Waals surface area (Å²) in [7, 11) is -10.7. The van der Waals surface area contributed by atoms with Gasteiger partial charge in [0.2, 0.25) is 0 Å². The van der Waals surface area contributed by atoms with Gasteiger partial charge < -0.3 is 6.92 Å². The average Bonchev–Trinajstić information content (AvgIpc) is 2.95. The van der Waals surface area contributed by atoms with E-state index >= 15 is 0 Å². The Bertz CT molecular complexity index is 168.